The molecule has 0 saturated carbocycles. The molecule has 0 aromatic carbocycles. The number of methoxy groups -OCH3 is 1. The number of carbonyl (C=O) groups is 1. The Morgan fingerprint density at radius 2 is 2.11 bits per heavy atom. The second-order valence-electron chi connectivity index (χ2n) is 2.93. The Labute approximate surface area is 112 Å². The molecule has 0 spiro atoms. The molecule has 0 aliphatic heterocycles. The first-order valence-corrected chi connectivity index (χ1v) is 5.45. The number of esters is 1. The monoisotopic (exact) mass is 379 g/mol. The number of aromatic nitrogens is 1. The van der Waals surface area contributed by atoms with Crippen molar-refractivity contribution in [3.8, 4) is 5.75 Å². The molecule has 1 aromatic rings. The number of nitrogens with zero attached hydrogens (tertiary/aromatic N) is 1. The molecular weight excluding hydrogens is 373 g/mol. The topological polar surface area (TPSA) is 48.4 Å². The van der Waals surface area contributed by atoms with Gasteiger partial charge in [0.05, 0.1) is 22.6 Å². The first-order chi connectivity index (χ1) is 8.30. The van der Waals surface area contributed by atoms with Gasteiger partial charge in [-0.1, -0.05) is 0 Å². The summed E-state index contributed by atoms with van der Waals surface area (Å²) in [6.45, 7) is -1.02. The van der Waals surface area contributed by atoms with Gasteiger partial charge in [-0.05, 0) is 22.6 Å². The van der Waals surface area contributed by atoms with E-state index in [9.17, 15) is 22.4 Å². The summed E-state index contributed by atoms with van der Waals surface area (Å²) >= 11 is 1.51. The third-order valence-electron chi connectivity index (χ3n) is 1.80. The quantitative estimate of drug-likeness (QED) is 0.461. The van der Waals surface area contributed by atoms with E-state index in [1.165, 1.54) is 22.6 Å². The minimum absolute atomic E-state index is 0.0799. The maximum atomic E-state index is 12.5. The molecular formula is C9H6F4INO3. The smallest absolute Gasteiger partial charge is 0.465 e. The standard InChI is InChI=1S/C9H6F4INO3/c1-17-8(16)6-5(18-9(11,12)13)3-15-4(2-10)7(6)14/h3H,2H2,1H3. The zero-order valence-electron chi connectivity index (χ0n) is 8.85. The van der Waals surface area contributed by atoms with Crippen LogP contribution in [-0.4, -0.2) is 24.4 Å². The van der Waals surface area contributed by atoms with E-state index in [1.54, 1.807) is 0 Å². The molecule has 0 radical (unpaired) electrons. The molecule has 0 saturated heterocycles. The fourth-order valence-corrected chi connectivity index (χ4v) is 1.87. The number of rotatable bonds is 3. The van der Waals surface area contributed by atoms with Gasteiger partial charge in [0.25, 0.3) is 0 Å². The Morgan fingerprint density at radius 3 is 2.56 bits per heavy atom. The highest BCUT2D eigenvalue weighted by Crippen LogP contribution is 2.31. The largest absolute Gasteiger partial charge is 0.573 e. The lowest BCUT2D eigenvalue weighted by atomic mass is 10.2. The molecule has 18 heavy (non-hydrogen) atoms. The fourth-order valence-electron chi connectivity index (χ4n) is 1.10. The Hall–Kier alpha value is -1.13. The second-order valence-corrected chi connectivity index (χ2v) is 4.01. The van der Waals surface area contributed by atoms with Crippen LogP contribution in [0.3, 0.4) is 0 Å². The summed E-state index contributed by atoms with van der Waals surface area (Å²) in [5.74, 6) is -1.88. The van der Waals surface area contributed by atoms with E-state index in [0.717, 1.165) is 7.11 Å². The molecule has 4 nitrogen and oxygen atoms in total. The van der Waals surface area contributed by atoms with Gasteiger partial charge in [-0.3, -0.25) is 4.98 Å². The lowest BCUT2D eigenvalue weighted by molar-refractivity contribution is -0.274. The van der Waals surface area contributed by atoms with Gasteiger partial charge < -0.3 is 9.47 Å². The summed E-state index contributed by atoms with van der Waals surface area (Å²) in [6.07, 6.45) is -4.35. The summed E-state index contributed by atoms with van der Waals surface area (Å²) in [5, 5.41) is 0. The third-order valence-corrected chi connectivity index (χ3v) is 2.96. The van der Waals surface area contributed by atoms with E-state index in [4.69, 9.17) is 0 Å². The lowest BCUT2D eigenvalue weighted by Crippen LogP contribution is -2.20. The SMILES string of the molecule is COC(=O)c1c(OC(F)(F)F)cnc(CF)c1I. The average molecular weight is 379 g/mol. The van der Waals surface area contributed by atoms with Gasteiger partial charge in [0.15, 0.2) is 5.75 Å². The van der Waals surface area contributed by atoms with Crippen LogP contribution < -0.4 is 4.74 Å². The molecule has 0 aliphatic carbocycles. The van der Waals surface area contributed by atoms with Gasteiger partial charge in [-0.2, -0.15) is 0 Å². The Bertz CT molecular complexity index is 464. The minimum Gasteiger partial charge on any atom is -0.465 e. The van der Waals surface area contributed by atoms with Crippen LogP contribution in [0.15, 0.2) is 6.20 Å². The van der Waals surface area contributed by atoms with Crippen LogP contribution in [-0.2, 0) is 11.4 Å². The molecule has 0 N–H and O–H groups in total. The van der Waals surface area contributed by atoms with Crippen molar-refractivity contribution in [2.24, 2.45) is 0 Å². The molecule has 0 amide bonds. The van der Waals surface area contributed by atoms with Crippen LogP contribution >= 0.6 is 22.6 Å². The highest BCUT2D eigenvalue weighted by atomic mass is 127. The van der Waals surface area contributed by atoms with Gasteiger partial charge in [0.1, 0.15) is 12.2 Å². The third kappa shape index (κ3) is 3.43. The number of hydrogen-bond acceptors (Lipinski definition) is 4. The summed E-state index contributed by atoms with van der Waals surface area (Å²) in [4.78, 5) is 14.8. The van der Waals surface area contributed by atoms with Crippen molar-refractivity contribution in [1.82, 2.24) is 4.98 Å². The summed E-state index contributed by atoms with van der Waals surface area (Å²) < 4.78 is 56.8. The maximum absolute atomic E-state index is 12.5. The van der Waals surface area contributed by atoms with Crippen molar-refractivity contribution in [2.75, 3.05) is 7.11 Å². The highest BCUT2D eigenvalue weighted by molar-refractivity contribution is 14.1. The predicted molar refractivity (Wildman–Crippen MR) is 59.8 cm³/mol. The second kappa shape index (κ2) is 5.67. The Kier molecular flexibility index (Phi) is 4.71. The van der Waals surface area contributed by atoms with Crippen LogP contribution in [0.2, 0.25) is 0 Å². The van der Waals surface area contributed by atoms with Crippen LogP contribution in [0.1, 0.15) is 16.1 Å². The first-order valence-electron chi connectivity index (χ1n) is 4.37. The summed E-state index contributed by atoms with van der Waals surface area (Å²) in [6, 6.07) is 0. The zero-order valence-corrected chi connectivity index (χ0v) is 11.0. The molecule has 0 bridgehead atoms. The Morgan fingerprint density at radius 1 is 1.50 bits per heavy atom. The number of pyridine rings is 1. The van der Waals surface area contributed by atoms with Crippen LogP contribution in [0.25, 0.3) is 0 Å². The van der Waals surface area contributed by atoms with Crippen LogP contribution in [0.5, 0.6) is 5.75 Å². The normalized spacial score (nSPS) is 11.2. The lowest BCUT2D eigenvalue weighted by Gasteiger charge is -2.14. The summed E-state index contributed by atoms with van der Waals surface area (Å²) in [5.41, 5.74) is -0.663. The van der Waals surface area contributed by atoms with E-state index in [1.807, 2.05) is 0 Å². The number of carbonyl (C=O) groups excluding carboxylic acids is 1. The molecule has 0 unspecified atom stereocenters. The average Bonchev–Trinajstić information content (AvgIpc) is 2.26. The van der Waals surface area contributed by atoms with E-state index < -0.39 is 30.3 Å². The minimum atomic E-state index is -4.98. The summed E-state index contributed by atoms with van der Waals surface area (Å²) in [7, 11) is 0.991. The van der Waals surface area contributed by atoms with Crippen molar-refractivity contribution in [3.63, 3.8) is 0 Å². The zero-order chi connectivity index (χ0) is 13.9. The fraction of sp³-hybridized carbons (Fsp3) is 0.333. The first kappa shape index (κ1) is 14.9. The molecule has 0 atom stereocenters. The van der Waals surface area contributed by atoms with Crippen molar-refractivity contribution in [1.29, 1.82) is 0 Å². The van der Waals surface area contributed by atoms with Crippen LogP contribution in [0, 0.1) is 3.57 Å². The molecule has 0 fully saturated rings. The number of ether oxygens (including phenoxy) is 2. The van der Waals surface area contributed by atoms with Crippen molar-refractivity contribution >= 4 is 28.6 Å². The van der Waals surface area contributed by atoms with Gasteiger partial charge >= 0.3 is 12.3 Å². The molecule has 1 aromatic heterocycles. The molecule has 100 valence electrons. The van der Waals surface area contributed by atoms with Gasteiger partial charge in [-0.25, -0.2) is 9.18 Å². The van der Waals surface area contributed by atoms with Crippen molar-refractivity contribution in [3.05, 3.63) is 21.0 Å². The number of halogens is 5. The predicted octanol–water partition coefficient (Wildman–Crippen LogP) is 2.84. The molecule has 1 rings (SSSR count). The van der Waals surface area contributed by atoms with E-state index in [2.05, 4.69) is 14.5 Å². The molecule has 1 heterocycles. The van der Waals surface area contributed by atoms with Crippen molar-refractivity contribution < 1.29 is 31.8 Å². The maximum Gasteiger partial charge on any atom is 0.573 e. The van der Waals surface area contributed by atoms with Crippen molar-refractivity contribution in [2.45, 2.75) is 13.0 Å². The van der Waals surface area contributed by atoms with E-state index >= 15 is 0 Å². The number of hydrogen-bond donors (Lipinski definition) is 0. The van der Waals surface area contributed by atoms with E-state index in [-0.39, 0.29) is 9.26 Å². The molecule has 0 aliphatic rings. The van der Waals surface area contributed by atoms with E-state index in [0.29, 0.717) is 6.20 Å². The van der Waals surface area contributed by atoms with Gasteiger partial charge in [0.2, 0.25) is 0 Å². The number of alkyl halides is 4. The highest BCUT2D eigenvalue weighted by Gasteiger charge is 2.34. The van der Waals surface area contributed by atoms with Crippen LogP contribution in [0.4, 0.5) is 17.6 Å². The van der Waals surface area contributed by atoms with Gasteiger partial charge in [0, 0.05) is 0 Å². The molecule has 9 heteroatoms. The van der Waals surface area contributed by atoms with Gasteiger partial charge in [-0.15, -0.1) is 13.2 Å². The Balaban J connectivity index is 3.34.